The molecule has 2 N–H and O–H groups in total. The first-order chi connectivity index (χ1) is 15.2. The predicted molar refractivity (Wildman–Crippen MR) is 124 cm³/mol. The molecule has 0 aliphatic heterocycles. The Morgan fingerprint density at radius 3 is 2.59 bits per heavy atom. The van der Waals surface area contributed by atoms with E-state index in [1.165, 1.54) is 12.7 Å². The van der Waals surface area contributed by atoms with Crippen molar-refractivity contribution in [2.45, 2.75) is 78.6 Å². The molecule has 0 heterocycles. The number of nitrogens with zero attached hydrogens (tertiary/aromatic N) is 2. The van der Waals surface area contributed by atoms with Gasteiger partial charge in [0.05, 0.1) is 18.5 Å². The Morgan fingerprint density at radius 1 is 1.19 bits per heavy atom. The second kappa shape index (κ2) is 8.49. The fourth-order valence-corrected chi connectivity index (χ4v) is 8.45. The van der Waals surface area contributed by atoms with Crippen molar-refractivity contribution in [2.24, 2.45) is 56.6 Å². The third kappa shape index (κ3) is 3.40. The average molecular weight is 445 g/mol. The summed E-state index contributed by atoms with van der Waals surface area (Å²) in [5, 5.41) is 28.1. The maximum Gasteiger partial charge on any atom is 0.305 e. The fourth-order valence-electron chi connectivity index (χ4n) is 8.45. The van der Waals surface area contributed by atoms with Gasteiger partial charge in [-0.3, -0.25) is 4.79 Å². The topological polar surface area (TPSA) is 91.5 Å². The Labute approximate surface area is 192 Å². The summed E-state index contributed by atoms with van der Waals surface area (Å²) in [6, 6.07) is 0. The Balaban J connectivity index is 1.68. The van der Waals surface area contributed by atoms with Gasteiger partial charge in [0.15, 0.2) is 0 Å². The first-order valence-corrected chi connectivity index (χ1v) is 12.4. The number of fused-ring (bicyclic) bond motifs is 5. The number of hydrogen-bond acceptors (Lipinski definition) is 6. The van der Waals surface area contributed by atoms with Gasteiger partial charge >= 0.3 is 5.97 Å². The van der Waals surface area contributed by atoms with Gasteiger partial charge in [0.25, 0.3) is 0 Å². The second-order valence-electron chi connectivity index (χ2n) is 11.5. The average Bonchev–Trinajstić information content (AvgIpc) is 3.14. The van der Waals surface area contributed by atoms with E-state index < -0.39 is 0 Å². The second-order valence-corrected chi connectivity index (χ2v) is 11.5. The summed E-state index contributed by atoms with van der Waals surface area (Å²) in [6.07, 6.45) is 8.03. The largest absolute Gasteiger partial charge is 0.469 e. The SMILES string of the molecule is C=C1CC[C@@]2(C)[C@@H](C1)CC(=NO)[C@@H]1[C@@H]2CC(=NO)[C@]2(C)C([C@H](C)CCC(=O)OC)CC[C@@H]12. The number of carbonyl (C=O) groups is 1. The van der Waals surface area contributed by atoms with Crippen LogP contribution in [-0.2, 0) is 9.53 Å². The minimum Gasteiger partial charge on any atom is -0.469 e. The molecule has 6 heteroatoms. The number of hydrogen-bond donors (Lipinski definition) is 2. The van der Waals surface area contributed by atoms with Gasteiger partial charge in [0.1, 0.15) is 0 Å². The van der Waals surface area contributed by atoms with Crippen molar-refractivity contribution in [1.82, 2.24) is 0 Å². The van der Waals surface area contributed by atoms with Gasteiger partial charge in [0.2, 0.25) is 0 Å². The highest BCUT2D eigenvalue weighted by molar-refractivity contribution is 5.96. The molecule has 178 valence electrons. The first kappa shape index (κ1) is 23.3. The number of oxime groups is 2. The third-order valence-corrected chi connectivity index (χ3v) is 10.4. The van der Waals surface area contributed by atoms with E-state index in [0.717, 1.165) is 62.8 Å². The maximum atomic E-state index is 11.7. The lowest BCUT2D eigenvalue weighted by atomic mass is 9.43. The third-order valence-electron chi connectivity index (χ3n) is 10.4. The van der Waals surface area contributed by atoms with Crippen LogP contribution in [0.25, 0.3) is 0 Å². The summed E-state index contributed by atoms with van der Waals surface area (Å²) in [7, 11) is 1.44. The number of methoxy groups -OCH3 is 1. The molecule has 8 atom stereocenters. The molecule has 4 rings (SSSR count). The number of ether oxygens (including phenoxy) is 1. The van der Waals surface area contributed by atoms with E-state index in [1.807, 2.05) is 0 Å². The summed E-state index contributed by atoms with van der Waals surface area (Å²) in [4.78, 5) is 11.7. The summed E-state index contributed by atoms with van der Waals surface area (Å²) >= 11 is 0. The molecular weight excluding hydrogens is 404 g/mol. The molecule has 0 saturated heterocycles. The van der Waals surface area contributed by atoms with E-state index in [2.05, 4.69) is 37.7 Å². The molecule has 1 unspecified atom stereocenters. The monoisotopic (exact) mass is 444 g/mol. The van der Waals surface area contributed by atoms with E-state index in [1.54, 1.807) is 0 Å². The van der Waals surface area contributed by atoms with Crippen molar-refractivity contribution in [2.75, 3.05) is 7.11 Å². The zero-order valence-electron chi connectivity index (χ0n) is 20.1. The molecule has 4 saturated carbocycles. The molecule has 0 aromatic heterocycles. The van der Waals surface area contributed by atoms with Crippen molar-refractivity contribution < 1.29 is 19.9 Å². The van der Waals surface area contributed by atoms with Crippen molar-refractivity contribution in [3.8, 4) is 0 Å². The highest BCUT2D eigenvalue weighted by Gasteiger charge is 2.64. The molecule has 4 fully saturated rings. The summed E-state index contributed by atoms with van der Waals surface area (Å²) in [6.45, 7) is 11.2. The van der Waals surface area contributed by atoms with E-state index in [0.29, 0.717) is 36.0 Å². The minimum atomic E-state index is -0.247. The Morgan fingerprint density at radius 2 is 1.94 bits per heavy atom. The Kier molecular flexibility index (Phi) is 6.19. The van der Waals surface area contributed by atoms with E-state index in [9.17, 15) is 15.2 Å². The Hall–Kier alpha value is -1.85. The van der Waals surface area contributed by atoms with E-state index in [4.69, 9.17) is 4.74 Å². The highest BCUT2D eigenvalue weighted by atomic mass is 16.5. The first-order valence-electron chi connectivity index (χ1n) is 12.4. The molecule has 0 amide bonds. The lowest BCUT2D eigenvalue weighted by Gasteiger charge is -2.60. The van der Waals surface area contributed by atoms with E-state index in [-0.39, 0.29) is 22.7 Å². The normalized spacial score (nSPS) is 44.6. The quantitative estimate of drug-likeness (QED) is 0.253. The summed E-state index contributed by atoms with van der Waals surface area (Å²) < 4.78 is 4.85. The molecule has 0 aromatic rings. The van der Waals surface area contributed by atoms with Crippen LogP contribution in [0.4, 0.5) is 0 Å². The van der Waals surface area contributed by atoms with Crippen molar-refractivity contribution in [1.29, 1.82) is 0 Å². The summed E-state index contributed by atoms with van der Waals surface area (Å²) in [5.41, 5.74) is 3.07. The van der Waals surface area contributed by atoms with Crippen LogP contribution in [0.5, 0.6) is 0 Å². The zero-order valence-corrected chi connectivity index (χ0v) is 20.1. The van der Waals surface area contributed by atoms with Crippen LogP contribution in [0, 0.1) is 46.3 Å². The van der Waals surface area contributed by atoms with E-state index >= 15 is 0 Å². The van der Waals surface area contributed by atoms with Crippen molar-refractivity contribution in [3.63, 3.8) is 0 Å². The van der Waals surface area contributed by atoms with Gasteiger partial charge in [0, 0.05) is 17.8 Å². The van der Waals surface area contributed by atoms with Gasteiger partial charge in [-0.2, -0.15) is 0 Å². The lowest BCUT2D eigenvalue weighted by molar-refractivity contribution is -0.141. The van der Waals surface area contributed by atoms with Gasteiger partial charge in [-0.25, -0.2) is 0 Å². The molecule has 0 spiro atoms. The molecular formula is C26H40N2O4. The smallest absolute Gasteiger partial charge is 0.305 e. The van der Waals surface area contributed by atoms with Crippen molar-refractivity contribution in [3.05, 3.63) is 12.2 Å². The molecule has 4 aliphatic carbocycles. The van der Waals surface area contributed by atoms with Crippen LogP contribution >= 0.6 is 0 Å². The fraction of sp³-hybridized carbons (Fsp3) is 0.808. The van der Waals surface area contributed by atoms with Crippen LogP contribution in [0.1, 0.15) is 78.6 Å². The molecule has 0 bridgehead atoms. The van der Waals surface area contributed by atoms with Gasteiger partial charge < -0.3 is 15.2 Å². The highest BCUT2D eigenvalue weighted by Crippen LogP contribution is 2.67. The molecule has 32 heavy (non-hydrogen) atoms. The number of allylic oxidation sites excluding steroid dienone is 1. The number of esters is 1. The molecule has 0 radical (unpaired) electrons. The minimum absolute atomic E-state index is 0.145. The standard InChI is InChI=1S/C26H40N2O4/c1-15-10-11-25(3)17(12-15)13-21(27-30)24-19-8-7-18(16(2)6-9-23(29)32-5)26(19,4)22(28-31)14-20(24)25/h16-20,24,30-31H,1,6-14H2,2-5H3/t16-,17+,18?,19+,20+,24+,25+,26-/m1/s1. The number of rotatable bonds is 4. The maximum absolute atomic E-state index is 11.7. The lowest BCUT2D eigenvalue weighted by Crippen LogP contribution is -2.59. The number of carbonyl (C=O) groups excluding carboxylic acids is 1. The molecule has 0 aromatic carbocycles. The Bertz CT molecular complexity index is 836. The van der Waals surface area contributed by atoms with Crippen LogP contribution in [-0.4, -0.2) is 34.9 Å². The van der Waals surface area contributed by atoms with Crippen LogP contribution in [0.15, 0.2) is 22.5 Å². The molecule has 6 nitrogen and oxygen atoms in total. The molecule has 4 aliphatic rings. The predicted octanol–water partition coefficient (Wildman–Crippen LogP) is 5.67. The zero-order chi connectivity index (χ0) is 23.3. The van der Waals surface area contributed by atoms with Crippen LogP contribution in [0.3, 0.4) is 0 Å². The van der Waals surface area contributed by atoms with Crippen LogP contribution < -0.4 is 0 Å². The summed E-state index contributed by atoms with van der Waals surface area (Å²) in [5.74, 6) is 1.77. The van der Waals surface area contributed by atoms with Gasteiger partial charge in [-0.15, -0.1) is 0 Å². The van der Waals surface area contributed by atoms with Gasteiger partial charge in [-0.1, -0.05) is 43.2 Å². The van der Waals surface area contributed by atoms with Crippen molar-refractivity contribution >= 4 is 17.4 Å². The van der Waals surface area contributed by atoms with Gasteiger partial charge in [-0.05, 0) is 86.4 Å². The van der Waals surface area contributed by atoms with Crippen LogP contribution in [0.2, 0.25) is 0 Å².